The third-order valence-electron chi connectivity index (χ3n) is 3.51. The predicted molar refractivity (Wildman–Crippen MR) is 76.9 cm³/mol. The van der Waals surface area contributed by atoms with Crippen LogP contribution in [0, 0.1) is 5.41 Å². The molecule has 0 heterocycles. The van der Waals surface area contributed by atoms with E-state index in [-0.39, 0.29) is 6.04 Å². The lowest BCUT2D eigenvalue weighted by Crippen LogP contribution is -2.28. The zero-order valence-electron chi connectivity index (χ0n) is 11.3. The first kappa shape index (κ1) is 13.6. The Bertz CT molecular complexity index is 604. The predicted octanol–water partition coefficient (Wildman–Crippen LogP) is 3.34. The summed E-state index contributed by atoms with van der Waals surface area (Å²) in [5.41, 5.74) is 6.31. The highest BCUT2D eigenvalue weighted by molar-refractivity contribution is 5.83. The molecule has 0 aliphatic heterocycles. The fourth-order valence-electron chi connectivity index (χ4n) is 2.19. The highest BCUT2D eigenvalue weighted by atomic mass is 16.4. The molecule has 0 aliphatic carbocycles. The van der Waals surface area contributed by atoms with E-state index in [1.165, 1.54) is 0 Å². The second-order valence-electron chi connectivity index (χ2n) is 5.61. The van der Waals surface area contributed by atoms with Gasteiger partial charge in [-0.05, 0) is 42.7 Å². The molecule has 2 aromatic rings. The maximum atomic E-state index is 11.1. The Hall–Kier alpha value is -1.87. The van der Waals surface area contributed by atoms with Crippen molar-refractivity contribution in [1.29, 1.82) is 0 Å². The van der Waals surface area contributed by atoms with Gasteiger partial charge in [0.15, 0.2) is 0 Å². The van der Waals surface area contributed by atoms with E-state index in [4.69, 9.17) is 10.8 Å². The number of carboxylic acids is 1. The molecule has 100 valence electrons. The van der Waals surface area contributed by atoms with Gasteiger partial charge in [-0.15, -0.1) is 0 Å². The molecule has 19 heavy (non-hydrogen) atoms. The molecule has 2 rings (SSSR count). The fraction of sp³-hybridized carbons (Fsp3) is 0.312. The molecule has 0 bridgehead atoms. The van der Waals surface area contributed by atoms with Gasteiger partial charge in [0.2, 0.25) is 0 Å². The summed E-state index contributed by atoms with van der Waals surface area (Å²) in [6.07, 6.45) is 0.417. The maximum Gasteiger partial charge on any atom is 0.309 e. The third-order valence-corrected chi connectivity index (χ3v) is 3.51. The highest BCUT2D eigenvalue weighted by Crippen LogP contribution is 2.30. The molecular weight excluding hydrogens is 238 g/mol. The van der Waals surface area contributed by atoms with Crippen LogP contribution < -0.4 is 5.73 Å². The molecule has 0 amide bonds. The van der Waals surface area contributed by atoms with Gasteiger partial charge in [-0.3, -0.25) is 4.79 Å². The largest absolute Gasteiger partial charge is 0.481 e. The van der Waals surface area contributed by atoms with E-state index in [1.807, 2.05) is 42.5 Å². The van der Waals surface area contributed by atoms with Gasteiger partial charge < -0.3 is 10.8 Å². The molecule has 0 radical (unpaired) electrons. The van der Waals surface area contributed by atoms with Crippen LogP contribution in [0.2, 0.25) is 0 Å². The minimum absolute atomic E-state index is 0.268. The quantitative estimate of drug-likeness (QED) is 0.883. The lowest BCUT2D eigenvalue weighted by atomic mass is 9.83. The summed E-state index contributed by atoms with van der Waals surface area (Å²) >= 11 is 0. The van der Waals surface area contributed by atoms with Gasteiger partial charge in [0.05, 0.1) is 5.41 Å². The highest BCUT2D eigenvalue weighted by Gasteiger charge is 2.29. The Balaban J connectivity index is 2.26. The van der Waals surface area contributed by atoms with Crippen molar-refractivity contribution in [2.24, 2.45) is 11.1 Å². The minimum atomic E-state index is -0.816. The lowest BCUT2D eigenvalue weighted by Gasteiger charge is -2.23. The van der Waals surface area contributed by atoms with E-state index in [2.05, 4.69) is 0 Å². The SMILES string of the molecule is CC(C)(CC(N)c1ccc2ccccc2c1)C(=O)O. The van der Waals surface area contributed by atoms with Crippen LogP contribution >= 0.6 is 0 Å². The Labute approximate surface area is 113 Å². The maximum absolute atomic E-state index is 11.1. The van der Waals surface area contributed by atoms with E-state index >= 15 is 0 Å². The number of aliphatic carboxylic acids is 1. The van der Waals surface area contributed by atoms with Crippen LogP contribution in [-0.4, -0.2) is 11.1 Å². The number of hydrogen-bond donors (Lipinski definition) is 2. The molecule has 0 fully saturated rings. The monoisotopic (exact) mass is 257 g/mol. The van der Waals surface area contributed by atoms with E-state index in [0.717, 1.165) is 16.3 Å². The first-order valence-corrected chi connectivity index (χ1v) is 6.38. The van der Waals surface area contributed by atoms with Crippen LogP contribution in [0.4, 0.5) is 0 Å². The Kier molecular flexibility index (Phi) is 3.58. The lowest BCUT2D eigenvalue weighted by molar-refractivity contribution is -0.147. The number of rotatable bonds is 4. The van der Waals surface area contributed by atoms with Crippen molar-refractivity contribution in [3.63, 3.8) is 0 Å². The van der Waals surface area contributed by atoms with Crippen LogP contribution in [0.1, 0.15) is 31.9 Å². The first-order chi connectivity index (χ1) is 8.90. The Morgan fingerprint density at radius 1 is 1.21 bits per heavy atom. The summed E-state index contributed by atoms with van der Waals surface area (Å²) in [4.78, 5) is 11.1. The summed E-state index contributed by atoms with van der Waals surface area (Å²) in [5, 5.41) is 11.4. The van der Waals surface area contributed by atoms with E-state index in [0.29, 0.717) is 6.42 Å². The standard InChI is InChI=1S/C16H19NO2/c1-16(2,15(18)19)10-14(17)13-8-7-11-5-3-4-6-12(11)9-13/h3-9,14H,10,17H2,1-2H3,(H,18,19). The Morgan fingerprint density at radius 3 is 2.47 bits per heavy atom. The molecule has 0 aliphatic rings. The van der Waals surface area contributed by atoms with Crippen molar-refractivity contribution in [3.8, 4) is 0 Å². The van der Waals surface area contributed by atoms with Crippen molar-refractivity contribution < 1.29 is 9.90 Å². The van der Waals surface area contributed by atoms with Gasteiger partial charge in [-0.1, -0.05) is 36.4 Å². The number of carbonyl (C=O) groups is 1. The average Bonchev–Trinajstić information content (AvgIpc) is 2.37. The normalized spacial score (nSPS) is 13.4. The summed E-state index contributed by atoms with van der Waals surface area (Å²) in [7, 11) is 0. The second kappa shape index (κ2) is 5.02. The van der Waals surface area contributed by atoms with Crippen LogP contribution in [0.15, 0.2) is 42.5 Å². The van der Waals surface area contributed by atoms with Gasteiger partial charge in [-0.2, -0.15) is 0 Å². The summed E-state index contributed by atoms with van der Waals surface area (Å²) in [5.74, 6) is -0.816. The molecular formula is C16H19NO2. The molecule has 3 N–H and O–H groups in total. The molecule has 3 nitrogen and oxygen atoms in total. The van der Waals surface area contributed by atoms with Crippen molar-refractivity contribution in [2.45, 2.75) is 26.3 Å². The summed E-state index contributed by atoms with van der Waals surface area (Å²) in [6.45, 7) is 3.41. The van der Waals surface area contributed by atoms with Crippen molar-refractivity contribution in [2.75, 3.05) is 0 Å². The van der Waals surface area contributed by atoms with E-state index in [1.54, 1.807) is 13.8 Å². The summed E-state index contributed by atoms with van der Waals surface area (Å²) < 4.78 is 0. The first-order valence-electron chi connectivity index (χ1n) is 6.38. The number of hydrogen-bond acceptors (Lipinski definition) is 2. The molecule has 2 aromatic carbocycles. The van der Waals surface area contributed by atoms with E-state index < -0.39 is 11.4 Å². The zero-order valence-corrected chi connectivity index (χ0v) is 11.3. The number of benzene rings is 2. The molecule has 1 unspecified atom stereocenters. The van der Waals surface area contributed by atoms with Crippen LogP contribution in [-0.2, 0) is 4.79 Å². The molecule has 1 atom stereocenters. The topological polar surface area (TPSA) is 63.3 Å². The van der Waals surface area contributed by atoms with Crippen molar-refractivity contribution in [3.05, 3.63) is 48.0 Å². The van der Waals surface area contributed by atoms with Crippen molar-refractivity contribution in [1.82, 2.24) is 0 Å². The van der Waals surface area contributed by atoms with Gasteiger partial charge in [0.1, 0.15) is 0 Å². The van der Waals surface area contributed by atoms with E-state index in [9.17, 15) is 4.79 Å². The summed E-state index contributed by atoms with van der Waals surface area (Å²) in [6, 6.07) is 13.8. The molecule has 0 aromatic heterocycles. The fourth-order valence-corrected chi connectivity index (χ4v) is 2.19. The molecule has 0 spiro atoms. The van der Waals surface area contributed by atoms with Crippen LogP contribution in [0.3, 0.4) is 0 Å². The molecule has 0 saturated heterocycles. The number of fused-ring (bicyclic) bond motifs is 1. The number of carboxylic acid groups (broad SMARTS) is 1. The van der Waals surface area contributed by atoms with Crippen molar-refractivity contribution >= 4 is 16.7 Å². The Morgan fingerprint density at radius 2 is 1.84 bits per heavy atom. The minimum Gasteiger partial charge on any atom is -0.481 e. The van der Waals surface area contributed by atoms with Crippen LogP contribution in [0.5, 0.6) is 0 Å². The van der Waals surface area contributed by atoms with Gasteiger partial charge >= 0.3 is 5.97 Å². The average molecular weight is 257 g/mol. The molecule has 0 saturated carbocycles. The second-order valence-corrected chi connectivity index (χ2v) is 5.61. The molecule has 3 heteroatoms. The number of nitrogens with two attached hydrogens (primary N) is 1. The van der Waals surface area contributed by atoms with Gasteiger partial charge in [0.25, 0.3) is 0 Å². The third kappa shape index (κ3) is 2.93. The zero-order chi connectivity index (χ0) is 14.0. The van der Waals surface area contributed by atoms with Crippen LogP contribution in [0.25, 0.3) is 10.8 Å². The van der Waals surface area contributed by atoms with Gasteiger partial charge in [0, 0.05) is 6.04 Å². The smallest absolute Gasteiger partial charge is 0.309 e. The van der Waals surface area contributed by atoms with Gasteiger partial charge in [-0.25, -0.2) is 0 Å².